The van der Waals surface area contributed by atoms with Crippen molar-refractivity contribution in [1.29, 1.82) is 0 Å². The molecule has 420 valence electrons. The maximum absolute atomic E-state index is 13.9. The smallest absolute Gasteiger partial charge is 0.345 e. The molecule has 4 aliphatic heterocycles. The van der Waals surface area contributed by atoms with Gasteiger partial charge in [0, 0.05) is 26.2 Å². The van der Waals surface area contributed by atoms with E-state index in [0.717, 1.165) is 68.5 Å². The molecule has 16 heteroatoms. The van der Waals surface area contributed by atoms with Crippen LogP contribution in [0.5, 0.6) is 0 Å². The molecule has 4 aliphatic rings. The number of methoxy groups -OCH3 is 4. The Morgan fingerprint density at radius 3 is 0.798 bits per heavy atom. The van der Waals surface area contributed by atoms with Crippen molar-refractivity contribution in [3.8, 4) is 0 Å². The Balaban J connectivity index is 0.000000175. The Labute approximate surface area is 496 Å². The summed E-state index contributed by atoms with van der Waals surface area (Å²) in [4.78, 5) is 73.9. The second kappa shape index (κ2) is 24.8. The molecule has 0 fully saturated rings. The van der Waals surface area contributed by atoms with Crippen molar-refractivity contribution in [2.24, 2.45) is 9.98 Å². The van der Waals surface area contributed by atoms with Crippen LogP contribution < -0.4 is 19.6 Å². The molecule has 0 atom stereocenters. The van der Waals surface area contributed by atoms with Crippen LogP contribution >= 0.6 is 23.5 Å². The van der Waals surface area contributed by atoms with Crippen LogP contribution in [-0.2, 0) is 64.3 Å². The van der Waals surface area contributed by atoms with E-state index in [1.54, 1.807) is 0 Å². The molecular formula is C68H58N6O8S2. The van der Waals surface area contributed by atoms with Gasteiger partial charge in [0.1, 0.15) is 31.0 Å². The minimum Gasteiger partial charge on any atom is -0.465 e. The first kappa shape index (κ1) is 56.2. The third-order valence-corrected chi connectivity index (χ3v) is 17.2. The van der Waals surface area contributed by atoms with Crippen LogP contribution in [-0.4, -0.2) is 73.7 Å². The van der Waals surface area contributed by atoms with E-state index in [1.807, 2.05) is 182 Å². The monoisotopic (exact) mass is 1150 g/mol. The number of nitrogens with zero attached hydrogens (tertiary/aromatic N) is 6. The molecule has 8 aromatic rings. The van der Waals surface area contributed by atoms with Crippen molar-refractivity contribution in [2.75, 3.05) is 48.0 Å². The fourth-order valence-electron chi connectivity index (χ4n) is 11.3. The highest BCUT2D eigenvalue weighted by Crippen LogP contribution is 2.60. The van der Waals surface area contributed by atoms with Crippen LogP contribution in [0.25, 0.3) is 0 Å². The number of aliphatic imine (C=N–C) groups is 2. The lowest BCUT2D eigenvalue weighted by Gasteiger charge is -2.44. The highest BCUT2D eigenvalue weighted by Gasteiger charge is 2.65. The van der Waals surface area contributed by atoms with Crippen LogP contribution in [0.15, 0.2) is 261 Å². The van der Waals surface area contributed by atoms with Crippen LogP contribution in [0.3, 0.4) is 0 Å². The number of carbonyl (C=O) groups is 4. The van der Waals surface area contributed by atoms with Gasteiger partial charge in [0.15, 0.2) is 11.3 Å². The minimum atomic E-state index is -1.31. The summed E-state index contributed by atoms with van der Waals surface area (Å²) in [5.74, 6) is -2.48. The van der Waals surface area contributed by atoms with E-state index < -0.39 is 35.2 Å². The summed E-state index contributed by atoms with van der Waals surface area (Å²) in [7, 11) is 5.30. The Hall–Kier alpha value is -9.64. The largest absolute Gasteiger partial charge is 0.465 e. The van der Waals surface area contributed by atoms with Gasteiger partial charge in [-0.25, -0.2) is 29.2 Å². The predicted molar refractivity (Wildman–Crippen MR) is 333 cm³/mol. The fraction of sp³-hybridized carbons (Fsp3) is 0.147. The van der Waals surface area contributed by atoms with Crippen molar-refractivity contribution in [3.05, 3.63) is 274 Å². The minimum absolute atomic E-state index is 0.156. The number of anilines is 4. The van der Waals surface area contributed by atoms with Crippen LogP contribution in [0.2, 0.25) is 0 Å². The lowest BCUT2D eigenvalue weighted by atomic mass is 9.95. The van der Waals surface area contributed by atoms with Crippen molar-refractivity contribution < 1.29 is 38.1 Å². The highest BCUT2D eigenvalue weighted by molar-refractivity contribution is 8.19. The number of carbonyl (C=O) groups excluding carboxylic acids is 4. The van der Waals surface area contributed by atoms with Crippen molar-refractivity contribution in [2.45, 2.75) is 37.5 Å². The molecule has 14 nitrogen and oxygen atoms in total. The van der Waals surface area contributed by atoms with Crippen molar-refractivity contribution >= 4 is 91.6 Å². The number of para-hydroxylation sites is 6. The van der Waals surface area contributed by atoms with Gasteiger partial charge >= 0.3 is 23.9 Å². The number of thioether (sulfide) groups is 2. The third kappa shape index (κ3) is 10.4. The van der Waals surface area contributed by atoms with E-state index in [2.05, 4.69) is 68.1 Å². The predicted octanol–water partition coefficient (Wildman–Crippen LogP) is 13.0. The molecule has 0 aromatic heterocycles. The zero-order valence-electron chi connectivity index (χ0n) is 46.5. The fourth-order valence-corrected chi connectivity index (χ4v) is 13.9. The number of ether oxygens (including phenoxy) is 4. The van der Waals surface area contributed by atoms with Crippen LogP contribution in [0, 0.1) is 0 Å². The molecule has 2 spiro atoms. The summed E-state index contributed by atoms with van der Waals surface area (Å²) in [6, 6.07) is 75.4. The molecule has 0 unspecified atom stereocenters. The molecule has 8 aromatic carbocycles. The first-order chi connectivity index (χ1) is 41.1. The third-order valence-electron chi connectivity index (χ3n) is 14.9. The number of fused-ring (bicyclic) bond motifs is 2. The molecule has 0 amide bonds. The van der Waals surface area contributed by atoms with Crippen LogP contribution in [0.4, 0.5) is 34.1 Å². The van der Waals surface area contributed by atoms with Gasteiger partial charge in [0.2, 0.25) is 0 Å². The molecule has 0 saturated carbocycles. The summed E-state index contributed by atoms with van der Waals surface area (Å²) >= 11 is 2.31. The van der Waals surface area contributed by atoms with Gasteiger partial charge in [-0.3, -0.25) is 0 Å². The second-order valence-electron chi connectivity index (χ2n) is 19.7. The SMILES string of the molecule is COC(=O)C1=C(C(=O)OC)C2(C(=Nc3ccccc3)S1)N(Cc1ccccc1)c1ccccc1N2Cc1ccccc1.COC(=O)C1=C(C(=O)OC)C2(C(=Nc3ccccc3)S1)N(Cc1ccccc1)c1ccccc1N2Cc1ccccc1. The first-order valence-electron chi connectivity index (χ1n) is 27.1. The maximum Gasteiger partial charge on any atom is 0.345 e. The Morgan fingerprint density at radius 1 is 0.333 bits per heavy atom. The molecule has 84 heavy (non-hydrogen) atoms. The molecule has 0 radical (unpaired) electrons. The van der Waals surface area contributed by atoms with Gasteiger partial charge in [-0.1, -0.05) is 206 Å². The summed E-state index contributed by atoms with van der Waals surface area (Å²) in [6.45, 7) is 1.75. The van der Waals surface area contributed by atoms with Gasteiger partial charge in [-0.2, -0.15) is 0 Å². The van der Waals surface area contributed by atoms with Gasteiger partial charge < -0.3 is 38.5 Å². The maximum atomic E-state index is 13.9. The Morgan fingerprint density at radius 2 is 0.560 bits per heavy atom. The standard InChI is InChI=1S/2C34H29N3O4S/c2*1-40-31(38)29-30(32(39)41-2)42-33(35-26-18-10-5-11-19-26)34(29)36(22-24-14-6-3-7-15-24)27-20-12-13-21-28(27)37(34)23-25-16-8-4-9-17-25/h2*3-21H,22-23H2,1-2H3. The van der Waals surface area contributed by atoms with Crippen LogP contribution in [0.1, 0.15) is 22.3 Å². The molecule has 0 bridgehead atoms. The molecule has 0 aliphatic carbocycles. The summed E-state index contributed by atoms with van der Waals surface area (Å²) in [5, 5.41) is 1.11. The average Bonchev–Trinajstić information content (AvgIpc) is 1.56. The van der Waals surface area contributed by atoms with Gasteiger partial charge in [-0.15, -0.1) is 0 Å². The van der Waals surface area contributed by atoms with Gasteiger partial charge in [0.25, 0.3) is 0 Å². The summed E-state index contributed by atoms with van der Waals surface area (Å²) < 4.78 is 21.3. The van der Waals surface area contributed by atoms with E-state index in [1.165, 1.54) is 28.4 Å². The zero-order chi connectivity index (χ0) is 58.2. The topological polar surface area (TPSA) is 143 Å². The number of hydrogen-bond acceptors (Lipinski definition) is 16. The van der Waals surface area contributed by atoms with Gasteiger partial charge in [0.05, 0.1) is 62.6 Å². The van der Waals surface area contributed by atoms with E-state index >= 15 is 0 Å². The van der Waals surface area contributed by atoms with E-state index in [9.17, 15) is 19.2 Å². The normalized spacial score (nSPS) is 16.2. The number of benzene rings is 8. The summed E-state index contributed by atoms with van der Waals surface area (Å²) in [6.07, 6.45) is 0. The Kier molecular flexibility index (Phi) is 16.6. The van der Waals surface area contributed by atoms with Gasteiger partial charge in [-0.05, 0) is 70.8 Å². The molecule has 12 rings (SSSR count). The average molecular weight is 1150 g/mol. The molecule has 4 heterocycles. The molecule has 0 N–H and O–H groups in total. The number of hydrogen-bond donors (Lipinski definition) is 0. The molecular weight excluding hydrogens is 1090 g/mol. The van der Waals surface area contributed by atoms with E-state index in [0.29, 0.717) is 47.6 Å². The first-order valence-corrected chi connectivity index (χ1v) is 28.7. The quantitative estimate of drug-likeness (QED) is 0.0752. The number of rotatable bonds is 14. The van der Waals surface area contributed by atoms with Crippen molar-refractivity contribution in [3.63, 3.8) is 0 Å². The lowest BCUT2D eigenvalue weighted by Crippen LogP contribution is -2.62. The lowest BCUT2D eigenvalue weighted by molar-refractivity contribution is -0.139. The van der Waals surface area contributed by atoms with E-state index in [4.69, 9.17) is 28.9 Å². The second-order valence-corrected chi connectivity index (χ2v) is 21.7. The highest BCUT2D eigenvalue weighted by atomic mass is 32.2. The van der Waals surface area contributed by atoms with E-state index in [-0.39, 0.29) is 21.0 Å². The zero-order valence-corrected chi connectivity index (χ0v) is 48.2. The Bertz CT molecular complexity index is 3460. The van der Waals surface area contributed by atoms with Crippen molar-refractivity contribution in [1.82, 2.24) is 0 Å². The molecule has 0 saturated heterocycles. The summed E-state index contributed by atoms with van der Waals surface area (Å²) in [5.41, 5.74) is 6.91. The number of esters is 4.